The van der Waals surface area contributed by atoms with Gasteiger partial charge in [0.25, 0.3) is 0 Å². The predicted molar refractivity (Wildman–Crippen MR) is 121 cm³/mol. The van der Waals surface area contributed by atoms with Gasteiger partial charge in [-0.25, -0.2) is 0 Å². The minimum Gasteiger partial charge on any atom is -0.497 e. The Labute approximate surface area is 182 Å². The molecule has 1 unspecified atom stereocenters. The Morgan fingerprint density at radius 2 is 1.77 bits per heavy atom. The van der Waals surface area contributed by atoms with Crippen molar-refractivity contribution < 1.29 is 19.0 Å². The molecule has 31 heavy (non-hydrogen) atoms. The van der Waals surface area contributed by atoms with Crippen molar-refractivity contribution in [3.05, 3.63) is 58.4 Å². The van der Waals surface area contributed by atoms with E-state index in [2.05, 4.69) is 4.90 Å². The normalized spacial score (nSPS) is 15.7. The quantitative estimate of drug-likeness (QED) is 0.619. The van der Waals surface area contributed by atoms with Gasteiger partial charge < -0.3 is 23.9 Å². The molecule has 1 aliphatic heterocycles. The molecule has 1 aliphatic rings. The number of aliphatic hydroxyl groups excluding tert-OH is 1. The summed E-state index contributed by atoms with van der Waals surface area (Å²) in [5, 5.41) is 10.8. The van der Waals surface area contributed by atoms with Gasteiger partial charge in [0.15, 0.2) is 0 Å². The smallest absolute Gasteiger partial charge is 0.200 e. The zero-order valence-corrected chi connectivity index (χ0v) is 18.1. The lowest BCUT2D eigenvalue weighted by atomic mass is 10.0. The fourth-order valence-electron chi connectivity index (χ4n) is 4.15. The lowest BCUT2D eigenvalue weighted by Crippen LogP contribution is -2.38. The van der Waals surface area contributed by atoms with Gasteiger partial charge in [-0.05, 0) is 62.7 Å². The fourth-order valence-corrected chi connectivity index (χ4v) is 4.15. The maximum atomic E-state index is 13.1. The molecule has 0 radical (unpaired) electrons. The van der Waals surface area contributed by atoms with E-state index in [0.29, 0.717) is 34.6 Å². The number of β-amino-alcohol motifs (C(OH)–C–C–N with tert-alkyl or cyclic N) is 1. The van der Waals surface area contributed by atoms with Crippen LogP contribution in [0.2, 0.25) is 0 Å². The van der Waals surface area contributed by atoms with Crippen LogP contribution in [0, 0.1) is 6.92 Å². The maximum Gasteiger partial charge on any atom is 0.200 e. The highest BCUT2D eigenvalue weighted by molar-refractivity contribution is 5.83. The highest BCUT2D eigenvalue weighted by Gasteiger charge is 2.17. The van der Waals surface area contributed by atoms with E-state index in [1.54, 1.807) is 32.2 Å². The SMILES string of the molecule is COc1ccc(-c2c(C)oc3cc(OCC(O)CN4CCCCC4)ccc3c2=O)cc1. The van der Waals surface area contributed by atoms with E-state index in [4.69, 9.17) is 13.9 Å². The summed E-state index contributed by atoms with van der Waals surface area (Å²) < 4.78 is 17.0. The third kappa shape index (κ3) is 4.92. The summed E-state index contributed by atoms with van der Waals surface area (Å²) in [5.74, 6) is 1.85. The summed E-state index contributed by atoms with van der Waals surface area (Å²) in [6.45, 7) is 4.68. The molecule has 3 aromatic rings. The molecule has 1 saturated heterocycles. The summed E-state index contributed by atoms with van der Waals surface area (Å²) in [7, 11) is 1.61. The van der Waals surface area contributed by atoms with Crippen molar-refractivity contribution in [2.75, 3.05) is 33.4 Å². The molecular formula is C25H29NO5. The van der Waals surface area contributed by atoms with Crippen LogP contribution in [0.3, 0.4) is 0 Å². The first-order valence-electron chi connectivity index (χ1n) is 10.8. The summed E-state index contributed by atoms with van der Waals surface area (Å²) in [5.41, 5.74) is 1.72. The Kier molecular flexibility index (Phi) is 6.59. The summed E-state index contributed by atoms with van der Waals surface area (Å²) >= 11 is 0. The number of nitrogens with zero attached hydrogens (tertiary/aromatic N) is 1. The molecule has 6 heteroatoms. The Balaban J connectivity index is 1.50. The van der Waals surface area contributed by atoms with Crippen LogP contribution in [-0.2, 0) is 0 Å². The number of likely N-dealkylation sites (tertiary alicyclic amines) is 1. The molecule has 0 aliphatic carbocycles. The van der Waals surface area contributed by atoms with Crippen molar-refractivity contribution >= 4 is 11.0 Å². The number of methoxy groups -OCH3 is 1. The molecule has 0 spiro atoms. The molecule has 0 saturated carbocycles. The Morgan fingerprint density at radius 3 is 2.48 bits per heavy atom. The molecule has 1 N–H and O–H groups in total. The van der Waals surface area contributed by atoms with Crippen molar-refractivity contribution in [1.82, 2.24) is 4.90 Å². The third-order valence-electron chi connectivity index (χ3n) is 5.78. The summed E-state index contributed by atoms with van der Waals surface area (Å²) in [4.78, 5) is 15.4. The van der Waals surface area contributed by atoms with Crippen LogP contribution >= 0.6 is 0 Å². The van der Waals surface area contributed by atoms with Gasteiger partial charge in [0, 0.05) is 12.6 Å². The van der Waals surface area contributed by atoms with Crippen LogP contribution < -0.4 is 14.9 Å². The van der Waals surface area contributed by atoms with Crippen LogP contribution in [0.15, 0.2) is 51.7 Å². The lowest BCUT2D eigenvalue weighted by molar-refractivity contribution is 0.0617. The van der Waals surface area contributed by atoms with Gasteiger partial charge in [0.2, 0.25) is 5.43 Å². The maximum absolute atomic E-state index is 13.1. The number of hydrogen-bond acceptors (Lipinski definition) is 6. The second-order valence-electron chi connectivity index (χ2n) is 8.07. The molecule has 1 fully saturated rings. The van der Waals surface area contributed by atoms with Gasteiger partial charge in [-0.15, -0.1) is 0 Å². The summed E-state index contributed by atoms with van der Waals surface area (Å²) in [6.07, 6.45) is 3.09. The van der Waals surface area contributed by atoms with Crippen molar-refractivity contribution in [2.24, 2.45) is 0 Å². The van der Waals surface area contributed by atoms with E-state index < -0.39 is 6.10 Å². The topological polar surface area (TPSA) is 72.1 Å². The molecule has 2 heterocycles. The number of hydrogen-bond donors (Lipinski definition) is 1. The molecule has 1 aromatic heterocycles. The molecular weight excluding hydrogens is 394 g/mol. The molecule has 1 atom stereocenters. The number of aliphatic hydroxyl groups is 1. The molecule has 0 amide bonds. The predicted octanol–water partition coefficient (Wildman–Crippen LogP) is 4.00. The lowest BCUT2D eigenvalue weighted by Gasteiger charge is -2.28. The van der Waals surface area contributed by atoms with Gasteiger partial charge >= 0.3 is 0 Å². The van der Waals surface area contributed by atoms with Crippen LogP contribution in [0.25, 0.3) is 22.1 Å². The number of benzene rings is 2. The highest BCUT2D eigenvalue weighted by atomic mass is 16.5. The fraction of sp³-hybridized carbons (Fsp3) is 0.400. The number of piperidine rings is 1. The van der Waals surface area contributed by atoms with Crippen molar-refractivity contribution in [2.45, 2.75) is 32.3 Å². The number of aryl methyl sites for hydroxylation is 1. The Hall–Kier alpha value is -2.83. The average molecular weight is 424 g/mol. The second-order valence-corrected chi connectivity index (χ2v) is 8.07. The Bertz CT molecular complexity index is 1080. The molecule has 4 rings (SSSR count). The van der Waals surface area contributed by atoms with E-state index >= 15 is 0 Å². The standard InChI is InChI=1S/C25H29NO5/c1-17-24(18-6-8-20(29-2)9-7-18)25(28)22-11-10-21(14-23(22)31-17)30-16-19(27)15-26-12-4-3-5-13-26/h6-11,14,19,27H,3-5,12-13,15-16H2,1-2H3. The monoisotopic (exact) mass is 423 g/mol. The van der Waals surface area contributed by atoms with E-state index in [1.165, 1.54) is 19.3 Å². The van der Waals surface area contributed by atoms with Gasteiger partial charge in [0.05, 0.1) is 18.1 Å². The minimum absolute atomic E-state index is 0.0828. The van der Waals surface area contributed by atoms with Crippen LogP contribution in [0.5, 0.6) is 11.5 Å². The van der Waals surface area contributed by atoms with E-state index in [9.17, 15) is 9.90 Å². The Morgan fingerprint density at radius 1 is 1.06 bits per heavy atom. The first kappa shape index (κ1) is 21.4. The largest absolute Gasteiger partial charge is 0.497 e. The second kappa shape index (κ2) is 9.54. The average Bonchev–Trinajstić information content (AvgIpc) is 2.78. The van der Waals surface area contributed by atoms with Gasteiger partial charge in [0.1, 0.15) is 35.6 Å². The van der Waals surface area contributed by atoms with E-state index in [1.807, 2.05) is 24.3 Å². The van der Waals surface area contributed by atoms with Crippen LogP contribution in [-0.4, -0.2) is 49.5 Å². The van der Waals surface area contributed by atoms with Crippen molar-refractivity contribution in [3.8, 4) is 22.6 Å². The van der Waals surface area contributed by atoms with Gasteiger partial charge in [-0.2, -0.15) is 0 Å². The third-order valence-corrected chi connectivity index (χ3v) is 5.78. The van der Waals surface area contributed by atoms with Crippen molar-refractivity contribution in [3.63, 3.8) is 0 Å². The highest BCUT2D eigenvalue weighted by Crippen LogP contribution is 2.27. The van der Waals surface area contributed by atoms with E-state index in [0.717, 1.165) is 24.4 Å². The van der Waals surface area contributed by atoms with E-state index in [-0.39, 0.29) is 12.0 Å². The first-order valence-corrected chi connectivity index (χ1v) is 10.8. The van der Waals surface area contributed by atoms with Gasteiger partial charge in [-0.1, -0.05) is 18.6 Å². The minimum atomic E-state index is -0.556. The molecule has 2 aromatic carbocycles. The molecule has 164 valence electrons. The first-order chi connectivity index (χ1) is 15.0. The number of ether oxygens (including phenoxy) is 2. The molecule has 6 nitrogen and oxygen atoms in total. The number of fused-ring (bicyclic) bond motifs is 1. The van der Waals surface area contributed by atoms with Crippen LogP contribution in [0.1, 0.15) is 25.0 Å². The zero-order valence-electron chi connectivity index (χ0n) is 18.1. The zero-order chi connectivity index (χ0) is 21.8. The molecule has 0 bridgehead atoms. The summed E-state index contributed by atoms with van der Waals surface area (Å²) in [6, 6.07) is 12.5. The van der Waals surface area contributed by atoms with Crippen molar-refractivity contribution in [1.29, 1.82) is 0 Å². The van der Waals surface area contributed by atoms with Gasteiger partial charge in [-0.3, -0.25) is 4.79 Å². The van der Waals surface area contributed by atoms with Crippen LogP contribution in [0.4, 0.5) is 0 Å². The number of rotatable bonds is 7.